The molecule has 7 heteroatoms. The van der Waals surface area contributed by atoms with Crippen molar-refractivity contribution in [2.45, 2.75) is 12.5 Å². The van der Waals surface area contributed by atoms with Gasteiger partial charge in [0.2, 0.25) is 0 Å². The third kappa shape index (κ3) is 2.14. The van der Waals surface area contributed by atoms with Gasteiger partial charge in [0.05, 0.1) is 17.1 Å². The van der Waals surface area contributed by atoms with E-state index in [9.17, 15) is 10.1 Å². The number of nitriles is 1. The average Bonchev–Trinajstić information content (AvgIpc) is 3.08. The van der Waals surface area contributed by atoms with Gasteiger partial charge in [-0.15, -0.1) is 0 Å². The van der Waals surface area contributed by atoms with Crippen LogP contribution >= 0.6 is 0 Å². The summed E-state index contributed by atoms with van der Waals surface area (Å²) >= 11 is 0. The Balaban J connectivity index is 1.89. The van der Waals surface area contributed by atoms with E-state index in [4.69, 9.17) is 0 Å². The van der Waals surface area contributed by atoms with E-state index >= 15 is 0 Å². The maximum absolute atomic E-state index is 12.1. The molecule has 98 valence electrons. The summed E-state index contributed by atoms with van der Waals surface area (Å²) in [6.45, 7) is -0.00469. The molecule has 2 aromatic heterocycles. The van der Waals surface area contributed by atoms with E-state index in [0.717, 1.165) is 11.0 Å². The Kier molecular flexibility index (Phi) is 2.97. The highest BCUT2D eigenvalue weighted by Crippen LogP contribution is 2.18. The summed E-state index contributed by atoms with van der Waals surface area (Å²) in [5.41, 5.74) is 1.53. The zero-order valence-electron chi connectivity index (χ0n) is 10.4. The molecular weight excluding hydrogens is 256 g/mol. The van der Waals surface area contributed by atoms with Gasteiger partial charge < -0.3 is 4.98 Å². The Hall–Kier alpha value is -3.01. The molecule has 3 rings (SSSR count). The number of hydrogen-bond acceptors (Lipinski definition) is 5. The van der Waals surface area contributed by atoms with Crippen molar-refractivity contribution < 1.29 is 4.79 Å². The van der Waals surface area contributed by atoms with Crippen molar-refractivity contribution in [1.29, 1.82) is 5.26 Å². The van der Waals surface area contributed by atoms with Crippen LogP contribution in [-0.2, 0) is 11.3 Å². The topological polar surface area (TPSA) is 100 Å². The monoisotopic (exact) mass is 266 g/mol. The maximum atomic E-state index is 12.1. The Morgan fingerprint density at radius 1 is 1.45 bits per heavy atom. The Morgan fingerprint density at radius 3 is 3.00 bits per heavy atom. The van der Waals surface area contributed by atoms with Crippen LogP contribution in [0.1, 0.15) is 11.7 Å². The minimum Gasteiger partial charge on any atom is -0.340 e. The Morgan fingerprint density at radius 2 is 2.30 bits per heavy atom. The fourth-order valence-electron chi connectivity index (χ4n) is 1.96. The fraction of sp³-hybridized carbons (Fsp3) is 0.154. The van der Waals surface area contributed by atoms with E-state index in [1.807, 2.05) is 30.3 Å². The van der Waals surface area contributed by atoms with Gasteiger partial charge in [-0.3, -0.25) is 4.79 Å². The SMILES string of the molecule is N#CC(C(=O)Cn1cncn1)c1nc2ccccc2[nH]1. The van der Waals surface area contributed by atoms with Crippen molar-refractivity contribution in [2.75, 3.05) is 0 Å². The lowest BCUT2D eigenvalue weighted by atomic mass is 10.1. The molecule has 1 unspecified atom stereocenters. The van der Waals surface area contributed by atoms with Crippen LogP contribution in [0.3, 0.4) is 0 Å². The molecule has 0 aliphatic carbocycles. The number of Topliss-reactive ketones (excluding diaryl/α,β-unsaturated/α-hetero) is 1. The van der Waals surface area contributed by atoms with Gasteiger partial charge in [0.15, 0.2) is 11.7 Å². The summed E-state index contributed by atoms with van der Waals surface area (Å²) in [4.78, 5) is 23.2. The lowest BCUT2D eigenvalue weighted by Crippen LogP contribution is -2.19. The van der Waals surface area contributed by atoms with Crippen LogP contribution in [0.15, 0.2) is 36.9 Å². The van der Waals surface area contributed by atoms with Crippen molar-refractivity contribution in [3.05, 3.63) is 42.7 Å². The van der Waals surface area contributed by atoms with Crippen molar-refractivity contribution >= 4 is 16.8 Å². The number of para-hydroxylation sites is 2. The van der Waals surface area contributed by atoms with E-state index in [2.05, 4.69) is 20.1 Å². The second-order valence-electron chi connectivity index (χ2n) is 4.26. The molecular formula is C13H10N6O. The van der Waals surface area contributed by atoms with Gasteiger partial charge >= 0.3 is 0 Å². The number of aromatic nitrogens is 5. The lowest BCUT2D eigenvalue weighted by molar-refractivity contribution is -0.120. The highest BCUT2D eigenvalue weighted by Gasteiger charge is 2.24. The van der Waals surface area contributed by atoms with E-state index in [0.29, 0.717) is 5.82 Å². The minimum atomic E-state index is -0.938. The molecule has 0 fully saturated rings. The summed E-state index contributed by atoms with van der Waals surface area (Å²) in [5.74, 6) is -0.859. The molecule has 0 aliphatic heterocycles. The number of imidazole rings is 1. The minimum absolute atomic E-state index is 0.00469. The molecule has 0 saturated heterocycles. The van der Waals surface area contributed by atoms with E-state index in [1.54, 1.807) is 0 Å². The number of nitrogens with one attached hydrogen (secondary N) is 1. The van der Waals surface area contributed by atoms with Gasteiger partial charge in [0.1, 0.15) is 25.0 Å². The van der Waals surface area contributed by atoms with Crippen LogP contribution in [-0.4, -0.2) is 30.5 Å². The number of carbonyl (C=O) groups is 1. The van der Waals surface area contributed by atoms with Crippen LogP contribution in [0.5, 0.6) is 0 Å². The molecule has 0 saturated carbocycles. The lowest BCUT2D eigenvalue weighted by Gasteiger charge is -2.04. The van der Waals surface area contributed by atoms with Crippen molar-refractivity contribution in [3.8, 4) is 6.07 Å². The largest absolute Gasteiger partial charge is 0.340 e. The van der Waals surface area contributed by atoms with Gasteiger partial charge in [0.25, 0.3) is 0 Å². The van der Waals surface area contributed by atoms with E-state index < -0.39 is 5.92 Å². The molecule has 0 bridgehead atoms. The molecule has 1 aromatic carbocycles. The molecule has 3 aromatic rings. The number of rotatable bonds is 4. The quantitative estimate of drug-likeness (QED) is 0.760. The first-order chi connectivity index (χ1) is 9.78. The van der Waals surface area contributed by atoms with Gasteiger partial charge in [0, 0.05) is 0 Å². The summed E-state index contributed by atoms with van der Waals surface area (Å²) in [6.07, 6.45) is 2.78. The highest BCUT2D eigenvalue weighted by molar-refractivity contribution is 5.88. The molecule has 0 aliphatic rings. The van der Waals surface area contributed by atoms with Crippen LogP contribution < -0.4 is 0 Å². The van der Waals surface area contributed by atoms with Gasteiger partial charge in [-0.25, -0.2) is 14.6 Å². The normalized spacial score (nSPS) is 12.2. The van der Waals surface area contributed by atoms with E-state index in [-0.39, 0.29) is 12.3 Å². The predicted molar refractivity (Wildman–Crippen MR) is 69.5 cm³/mol. The third-order valence-corrected chi connectivity index (χ3v) is 2.92. The maximum Gasteiger partial charge on any atom is 0.179 e. The standard InChI is InChI=1S/C13H10N6O/c14-5-9(12(20)6-19-8-15-7-16-19)13-17-10-3-1-2-4-11(10)18-13/h1-4,7-9H,6H2,(H,17,18). The van der Waals surface area contributed by atoms with Crippen molar-refractivity contribution in [2.24, 2.45) is 0 Å². The van der Waals surface area contributed by atoms with Crippen LogP contribution in [0.25, 0.3) is 11.0 Å². The molecule has 2 heterocycles. The molecule has 0 amide bonds. The number of aromatic amines is 1. The number of carbonyl (C=O) groups excluding carboxylic acids is 1. The Labute approximate surface area is 113 Å². The first-order valence-corrected chi connectivity index (χ1v) is 5.97. The molecule has 1 atom stereocenters. The average molecular weight is 266 g/mol. The number of benzene rings is 1. The fourth-order valence-corrected chi connectivity index (χ4v) is 1.96. The Bertz CT molecular complexity index is 750. The van der Waals surface area contributed by atoms with Gasteiger partial charge in [-0.05, 0) is 12.1 Å². The molecule has 0 radical (unpaired) electrons. The number of ketones is 1. The zero-order valence-corrected chi connectivity index (χ0v) is 10.4. The van der Waals surface area contributed by atoms with Crippen LogP contribution in [0.4, 0.5) is 0 Å². The first-order valence-electron chi connectivity index (χ1n) is 5.97. The van der Waals surface area contributed by atoms with Gasteiger partial charge in [-0.2, -0.15) is 10.4 Å². The van der Waals surface area contributed by atoms with Gasteiger partial charge in [-0.1, -0.05) is 12.1 Å². The molecule has 7 nitrogen and oxygen atoms in total. The van der Waals surface area contributed by atoms with Crippen molar-refractivity contribution in [1.82, 2.24) is 24.7 Å². The van der Waals surface area contributed by atoms with Crippen LogP contribution in [0, 0.1) is 11.3 Å². The first kappa shape index (κ1) is 12.0. The second kappa shape index (κ2) is 4.93. The zero-order chi connectivity index (χ0) is 13.9. The second-order valence-corrected chi connectivity index (χ2v) is 4.26. The van der Waals surface area contributed by atoms with E-state index in [1.165, 1.54) is 17.3 Å². The number of H-pyrrole nitrogens is 1. The summed E-state index contributed by atoms with van der Waals surface area (Å²) in [5, 5.41) is 13.1. The predicted octanol–water partition coefficient (Wildman–Crippen LogP) is 1.03. The summed E-state index contributed by atoms with van der Waals surface area (Å²) in [6, 6.07) is 9.38. The number of hydrogen-bond donors (Lipinski definition) is 1. The number of fused-ring (bicyclic) bond motifs is 1. The molecule has 0 spiro atoms. The van der Waals surface area contributed by atoms with Crippen molar-refractivity contribution in [3.63, 3.8) is 0 Å². The molecule has 20 heavy (non-hydrogen) atoms. The molecule has 1 N–H and O–H groups in total. The number of nitrogens with zero attached hydrogens (tertiary/aromatic N) is 5. The third-order valence-electron chi connectivity index (χ3n) is 2.92. The summed E-state index contributed by atoms with van der Waals surface area (Å²) in [7, 11) is 0. The summed E-state index contributed by atoms with van der Waals surface area (Å²) < 4.78 is 1.38. The smallest absolute Gasteiger partial charge is 0.179 e. The van der Waals surface area contributed by atoms with Crippen LogP contribution in [0.2, 0.25) is 0 Å². The highest BCUT2D eigenvalue weighted by atomic mass is 16.1.